The molecule has 1 fully saturated rings. The summed E-state index contributed by atoms with van der Waals surface area (Å²) in [7, 11) is 1.95. The van der Waals surface area contributed by atoms with E-state index in [2.05, 4.69) is 18.5 Å². The van der Waals surface area contributed by atoms with Gasteiger partial charge in [0.05, 0.1) is 18.3 Å². The third kappa shape index (κ3) is 7.41. The average Bonchev–Trinajstić information content (AvgIpc) is 3.17. The van der Waals surface area contributed by atoms with Gasteiger partial charge in [0, 0.05) is 30.6 Å². The Morgan fingerprint density at radius 2 is 2.00 bits per heavy atom. The summed E-state index contributed by atoms with van der Waals surface area (Å²) in [5, 5.41) is 0. The maximum Gasteiger partial charge on any atom is 0.128 e. The minimum Gasteiger partial charge on any atom is -0.336 e. The van der Waals surface area contributed by atoms with E-state index in [0.717, 1.165) is 36.6 Å². The van der Waals surface area contributed by atoms with Gasteiger partial charge < -0.3 is 9.80 Å². The average molecular weight is 464 g/mol. The van der Waals surface area contributed by atoms with Crippen LogP contribution in [-0.4, -0.2) is 34.5 Å². The number of rotatable bonds is 8. The largest absolute Gasteiger partial charge is 0.336 e. The molecule has 0 radical (unpaired) electrons. The predicted molar refractivity (Wildman–Crippen MR) is 131 cm³/mol. The van der Waals surface area contributed by atoms with Crippen LogP contribution in [0, 0.1) is 5.82 Å². The fraction of sp³-hybridized carbons (Fsp3) is 0.440. The van der Waals surface area contributed by atoms with E-state index in [4.69, 9.17) is 4.84 Å². The van der Waals surface area contributed by atoms with Gasteiger partial charge in [-0.1, -0.05) is 45.1 Å². The number of nitrogens with zero attached hydrogens (tertiary/aromatic N) is 2. The van der Waals surface area contributed by atoms with E-state index in [0.29, 0.717) is 24.0 Å². The van der Waals surface area contributed by atoms with Crippen molar-refractivity contribution in [1.82, 2.24) is 15.3 Å². The van der Waals surface area contributed by atoms with Gasteiger partial charge in [-0.15, -0.1) is 0 Å². The lowest BCUT2D eigenvalue weighted by molar-refractivity contribution is 0.000311. The Balaban J connectivity index is 0.00000176. The van der Waals surface area contributed by atoms with Crippen molar-refractivity contribution >= 4 is 17.5 Å². The van der Waals surface area contributed by atoms with Gasteiger partial charge >= 0.3 is 0 Å². The highest BCUT2D eigenvalue weighted by molar-refractivity contribution is 7.99. The van der Waals surface area contributed by atoms with E-state index in [1.54, 1.807) is 12.1 Å². The summed E-state index contributed by atoms with van der Waals surface area (Å²) in [5.74, 6) is 2.66. The molecule has 2 heterocycles. The highest BCUT2D eigenvalue weighted by Crippen LogP contribution is 2.25. The summed E-state index contributed by atoms with van der Waals surface area (Å²) in [6, 6.07) is 4.75. The number of allylic oxidation sites excluding steroid dienone is 3. The van der Waals surface area contributed by atoms with Gasteiger partial charge in [-0.3, -0.25) is 10.3 Å². The van der Waals surface area contributed by atoms with Gasteiger partial charge in [0.15, 0.2) is 0 Å². The van der Waals surface area contributed by atoms with Crippen molar-refractivity contribution in [2.75, 3.05) is 18.6 Å². The van der Waals surface area contributed by atoms with Crippen molar-refractivity contribution in [2.24, 2.45) is 0 Å². The molecule has 1 N–H and O–H groups in total. The van der Waals surface area contributed by atoms with Crippen LogP contribution in [0.5, 0.6) is 0 Å². The molecule has 1 aromatic rings. The normalized spacial score (nSPS) is 18.4. The number of thioether (sulfide) groups is 1. The topological polar surface area (TPSA) is 27.7 Å². The lowest BCUT2D eigenvalue weighted by Gasteiger charge is -2.23. The number of hydrogen-bond donors (Lipinski definition) is 1. The van der Waals surface area contributed by atoms with Crippen molar-refractivity contribution in [3.63, 3.8) is 0 Å². The molecule has 4 nitrogen and oxygen atoms in total. The van der Waals surface area contributed by atoms with Gasteiger partial charge in [-0.05, 0) is 42.9 Å². The zero-order chi connectivity index (χ0) is 23.3. The number of nitrogens with one attached hydrogen (secondary N) is 1. The smallest absolute Gasteiger partial charge is 0.128 e. The van der Waals surface area contributed by atoms with E-state index in [1.807, 2.05) is 67.0 Å². The Kier molecular flexibility index (Phi) is 11.4. The van der Waals surface area contributed by atoms with Crippen molar-refractivity contribution in [1.29, 1.82) is 0 Å². The summed E-state index contributed by atoms with van der Waals surface area (Å²) >= 11 is 1.89. The van der Waals surface area contributed by atoms with E-state index >= 15 is 0 Å². The SMILES string of the molecule is CC.CC/C=C/C=C1\N(C)C=CN1Cc1ccc(/C(=C/F)NOC2CCSCC2)cc1F. The molecule has 0 saturated carbocycles. The molecule has 0 bridgehead atoms. The monoisotopic (exact) mass is 463 g/mol. The molecule has 3 rings (SSSR count). The molecular weight excluding hydrogens is 428 g/mol. The van der Waals surface area contributed by atoms with Crippen LogP contribution in [0.2, 0.25) is 0 Å². The summed E-state index contributed by atoms with van der Waals surface area (Å²) in [6.45, 7) is 6.46. The quantitative estimate of drug-likeness (QED) is 0.441. The van der Waals surface area contributed by atoms with Crippen LogP contribution in [0.3, 0.4) is 0 Å². The maximum atomic E-state index is 14.8. The van der Waals surface area contributed by atoms with Gasteiger partial charge in [0.25, 0.3) is 0 Å². The predicted octanol–water partition coefficient (Wildman–Crippen LogP) is 6.56. The van der Waals surface area contributed by atoms with Gasteiger partial charge in [-0.2, -0.15) is 11.8 Å². The molecule has 0 spiro atoms. The first kappa shape index (κ1) is 26.0. The number of hydrogen-bond acceptors (Lipinski definition) is 5. The minimum absolute atomic E-state index is 0.0521. The second kappa shape index (κ2) is 14.0. The van der Waals surface area contributed by atoms with Crippen LogP contribution in [0.15, 0.2) is 61.0 Å². The fourth-order valence-corrected chi connectivity index (χ4v) is 4.35. The third-order valence-corrected chi connectivity index (χ3v) is 6.11. The highest BCUT2D eigenvalue weighted by Gasteiger charge is 2.19. The Bertz CT molecular complexity index is 832. The van der Waals surface area contributed by atoms with Crippen molar-refractivity contribution in [2.45, 2.75) is 52.7 Å². The first-order valence-corrected chi connectivity index (χ1v) is 12.4. The Labute approximate surface area is 195 Å². The Morgan fingerprint density at radius 1 is 1.25 bits per heavy atom. The molecule has 0 aromatic heterocycles. The summed E-state index contributed by atoms with van der Waals surface area (Å²) in [5.41, 5.74) is 3.76. The molecule has 0 aliphatic carbocycles. The number of hydroxylamine groups is 1. The molecule has 0 atom stereocenters. The molecule has 176 valence electrons. The maximum absolute atomic E-state index is 14.8. The summed E-state index contributed by atoms with van der Waals surface area (Å²) in [6.07, 6.45) is 13.2. The van der Waals surface area contributed by atoms with E-state index < -0.39 is 0 Å². The van der Waals surface area contributed by atoms with Crippen molar-refractivity contribution in [3.8, 4) is 0 Å². The second-order valence-electron chi connectivity index (χ2n) is 7.26. The molecule has 1 saturated heterocycles. The van der Waals surface area contributed by atoms with Gasteiger partial charge in [0.2, 0.25) is 0 Å². The van der Waals surface area contributed by atoms with Crippen molar-refractivity contribution < 1.29 is 13.6 Å². The minimum atomic E-state index is -0.380. The second-order valence-corrected chi connectivity index (χ2v) is 8.48. The van der Waals surface area contributed by atoms with Crippen LogP contribution >= 0.6 is 11.8 Å². The Hall–Kier alpha value is -2.25. The van der Waals surface area contributed by atoms with Crippen LogP contribution in [0.1, 0.15) is 51.2 Å². The fourth-order valence-electron chi connectivity index (χ4n) is 3.28. The van der Waals surface area contributed by atoms with E-state index in [9.17, 15) is 8.78 Å². The molecule has 2 aliphatic heterocycles. The molecule has 2 aliphatic rings. The molecule has 7 heteroatoms. The molecule has 0 amide bonds. The number of benzene rings is 1. The molecule has 32 heavy (non-hydrogen) atoms. The van der Waals surface area contributed by atoms with Gasteiger partial charge in [-0.25, -0.2) is 8.78 Å². The van der Waals surface area contributed by atoms with Gasteiger partial charge in [0.1, 0.15) is 18.0 Å². The van der Waals surface area contributed by atoms with Crippen LogP contribution in [-0.2, 0) is 11.4 Å². The molecular formula is C25H35F2N3OS. The molecule has 1 aromatic carbocycles. The van der Waals surface area contributed by atoms with Crippen molar-refractivity contribution in [3.05, 3.63) is 77.9 Å². The zero-order valence-corrected chi connectivity index (χ0v) is 20.3. The first-order chi connectivity index (χ1) is 15.6. The number of halogens is 2. The lowest BCUT2D eigenvalue weighted by Crippen LogP contribution is -2.26. The first-order valence-electron chi connectivity index (χ1n) is 11.3. The molecule has 0 unspecified atom stereocenters. The zero-order valence-electron chi connectivity index (χ0n) is 19.5. The summed E-state index contributed by atoms with van der Waals surface area (Å²) < 4.78 is 28.2. The van der Waals surface area contributed by atoms with E-state index in [1.165, 1.54) is 6.07 Å². The Morgan fingerprint density at radius 3 is 2.66 bits per heavy atom. The summed E-state index contributed by atoms with van der Waals surface area (Å²) in [4.78, 5) is 9.58. The third-order valence-electron chi connectivity index (χ3n) is 5.06. The van der Waals surface area contributed by atoms with Crippen LogP contribution in [0.4, 0.5) is 8.78 Å². The van der Waals surface area contributed by atoms with Crippen LogP contribution in [0.25, 0.3) is 5.70 Å². The standard InChI is InChI=1S/C23H29F2N3OS.C2H6/c1-3-4-5-6-23-27(2)11-12-28(23)17-19-8-7-18(15-21(19)25)22(16-24)26-29-20-9-13-30-14-10-20;1-2/h4-8,11-12,15-16,20,26H,3,9-10,13-14,17H2,1-2H3;1-2H3/b5-4+,22-16-,23-6+;. The lowest BCUT2D eigenvalue weighted by atomic mass is 10.1. The van der Waals surface area contributed by atoms with Crippen LogP contribution < -0.4 is 5.48 Å². The highest BCUT2D eigenvalue weighted by atomic mass is 32.2. The van der Waals surface area contributed by atoms with E-state index in [-0.39, 0.29) is 17.6 Å².